The fourth-order valence-corrected chi connectivity index (χ4v) is 0.508. The number of ether oxygens (including phenoxy) is 2. The van der Waals surface area contributed by atoms with Crippen LogP contribution in [0, 0.1) is 0 Å². The van der Waals surface area contributed by atoms with Crippen molar-refractivity contribution in [2.45, 2.75) is 6.92 Å². The largest absolute Gasteiger partial charge is 0.464 e. The Bertz CT molecular complexity index is 177. The van der Waals surface area contributed by atoms with Crippen LogP contribution in [-0.4, -0.2) is 32.3 Å². The number of hydrogen-bond acceptors (Lipinski definition) is 4. The lowest BCUT2D eigenvalue weighted by Gasteiger charge is -2.01. The molecule has 0 heterocycles. The highest BCUT2D eigenvalue weighted by molar-refractivity contribution is 5.70. The first-order chi connectivity index (χ1) is 5.81. The normalized spacial score (nSPS) is 8.75. The molecular weight excluding hydrogens is 162 g/mol. The molecule has 0 aliphatic carbocycles. The van der Waals surface area contributed by atoms with Crippen molar-refractivity contribution in [3.8, 4) is 0 Å². The van der Waals surface area contributed by atoms with Crippen molar-refractivity contribution in [1.29, 1.82) is 0 Å². The van der Waals surface area contributed by atoms with E-state index in [9.17, 15) is 4.79 Å². The van der Waals surface area contributed by atoms with Gasteiger partial charge in [0.15, 0.2) is 0 Å². The number of azide groups is 1. The molecule has 12 heavy (non-hydrogen) atoms. The minimum Gasteiger partial charge on any atom is -0.464 e. The first kappa shape index (κ1) is 10.7. The van der Waals surface area contributed by atoms with Gasteiger partial charge in [-0.15, -0.1) is 0 Å². The maximum atomic E-state index is 10.6. The van der Waals surface area contributed by atoms with Crippen molar-refractivity contribution < 1.29 is 14.3 Å². The topological polar surface area (TPSA) is 84.3 Å². The average molecular weight is 173 g/mol. The minimum atomic E-state index is -0.404. The third-order valence-electron chi connectivity index (χ3n) is 0.924. The van der Waals surface area contributed by atoms with E-state index in [0.29, 0.717) is 6.61 Å². The summed E-state index contributed by atoms with van der Waals surface area (Å²) in [4.78, 5) is 13.1. The molecule has 0 aliphatic rings. The molecule has 0 atom stereocenters. The van der Waals surface area contributed by atoms with Crippen LogP contribution in [0.5, 0.6) is 0 Å². The zero-order chi connectivity index (χ0) is 9.23. The molecular formula is C6H11N3O3. The zero-order valence-electron chi connectivity index (χ0n) is 6.89. The summed E-state index contributed by atoms with van der Waals surface area (Å²) in [5.41, 5.74) is 7.87. The fraction of sp³-hybridized carbons (Fsp3) is 0.833. The summed E-state index contributed by atoms with van der Waals surface area (Å²) in [5, 5.41) is 3.22. The van der Waals surface area contributed by atoms with Gasteiger partial charge in [0.05, 0.1) is 13.2 Å². The molecule has 0 aromatic carbocycles. The first-order valence-corrected chi connectivity index (χ1v) is 3.55. The Hall–Kier alpha value is -1.26. The highest BCUT2D eigenvalue weighted by Crippen LogP contribution is 1.81. The van der Waals surface area contributed by atoms with Crippen LogP contribution in [0.1, 0.15) is 6.92 Å². The van der Waals surface area contributed by atoms with E-state index in [-0.39, 0.29) is 19.8 Å². The predicted octanol–water partition coefficient (Wildman–Crippen LogP) is 0.876. The molecule has 0 radical (unpaired) electrons. The van der Waals surface area contributed by atoms with Gasteiger partial charge in [-0.25, -0.2) is 4.79 Å². The van der Waals surface area contributed by atoms with Gasteiger partial charge in [0.2, 0.25) is 0 Å². The van der Waals surface area contributed by atoms with E-state index in [1.807, 2.05) is 0 Å². The number of carbonyl (C=O) groups excluding carboxylic acids is 1. The van der Waals surface area contributed by atoms with E-state index in [0.717, 1.165) is 0 Å². The molecule has 0 amide bonds. The lowest BCUT2D eigenvalue weighted by molar-refractivity contribution is -0.148. The van der Waals surface area contributed by atoms with E-state index in [2.05, 4.69) is 14.8 Å². The number of hydrogen-bond donors (Lipinski definition) is 0. The van der Waals surface area contributed by atoms with Crippen LogP contribution < -0.4 is 0 Å². The van der Waals surface area contributed by atoms with E-state index >= 15 is 0 Å². The molecule has 0 rings (SSSR count). The van der Waals surface area contributed by atoms with Gasteiger partial charge in [-0.3, -0.25) is 0 Å². The van der Waals surface area contributed by atoms with Gasteiger partial charge in [-0.1, -0.05) is 5.11 Å². The molecule has 0 bridgehead atoms. The number of rotatable bonds is 6. The molecule has 0 saturated carbocycles. The van der Waals surface area contributed by atoms with Crippen molar-refractivity contribution in [1.82, 2.24) is 0 Å². The summed E-state index contributed by atoms with van der Waals surface area (Å²) >= 11 is 0. The summed E-state index contributed by atoms with van der Waals surface area (Å²) in [6.07, 6.45) is 0. The maximum Gasteiger partial charge on any atom is 0.332 e. The monoisotopic (exact) mass is 173 g/mol. The summed E-state index contributed by atoms with van der Waals surface area (Å²) < 4.78 is 9.39. The lowest BCUT2D eigenvalue weighted by atomic mass is 10.7. The van der Waals surface area contributed by atoms with Crippen molar-refractivity contribution >= 4 is 5.97 Å². The Labute approximate surface area is 70.1 Å². The second kappa shape index (κ2) is 7.84. The SMILES string of the molecule is CCOC(=O)COCCN=[N+]=[N-]. The first-order valence-electron chi connectivity index (χ1n) is 3.55. The third-order valence-corrected chi connectivity index (χ3v) is 0.924. The number of nitrogens with zero attached hydrogens (tertiary/aromatic N) is 3. The van der Waals surface area contributed by atoms with E-state index < -0.39 is 5.97 Å². The van der Waals surface area contributed by atoms with E-state index in [1.54, 1.807) is 6.92 Å². The van der Waals surface area contributed by atoms with Crippen LogP contribution in [0.15, 0.2) is 5.11 Å². The molecule has 0 fully saturated rings. The average Bonchev–Trinajstić information content (AvgIpc) is 2.05. The fourth-order valence-electron chi connectivity index (χ4n) is 0.508. The smallest absolute Gasteiger partial charge is 0.332 e. The van der Waals surface area contributed by atoms with Gasteiger partial charge >= 0.3 is 5.97 Å². The molecule has 0 aromatic heterocycles. The molecule has 0 unspecified atom stereocenters. The molecule has 0 N–H and O–H groups in total. The van der Waals surface area contributed by atoms with Gasteiger partial charge < -0.3 is 9.47 Å². The molecule has 6 nitrogen and oxygen atoms in total. The van der Waals surface area contributed by atoms with Crippen LogP contribution in [-0.2, 0) is 14.3 Å². The predicted molar refractivity (Wildman–Crippen MR) is 41.5 cm³/mol. The second-order valence-corrected chi connectivity index (χ2v) is 1.81. The van der Waals surface area contributed by atoms with Gasteiger partial charge in [-0.2, -0.15) is 0 Å². The Morgan fingerprint density at radius 3 is 3.00 bits per heavy atom. The van der Waals surface area contributed by atoms with Gasteiger partial charge in [-0.05, 0) is 12.5 Å². The number of esters is 1. The quantitative estimate of drug-likeness (QED) is 0.196. The molecule has 0 aliphatic heterocycles. The molecule has 0 saturated heterocycles. The molecule has 6 heteroatoms. The highest BCUT2D eigenvalue weighted by Gasteiger charge is 1.99. The molecule has 68 valence electrons. The number of carbonyl (C=O) groups is 1. The summed E-state index contributed by atoms with van der Waals surface area (Å²) in [7, 11) is 0. The zero-order valence-corrected chi connectivity index (χ0v) is 6.89. The van der Waals surface area contributed by atoms with Crippen molar-refractivity contribution in [3.05, 3.63) is 10.4 Å². The standard InChI is InChI=1S/C6H11N3O3/c1-2-12-6(10)5-11-4-3-8-9-7/h2-5H2,1H3. The van der Waals surface area contributed by atoms with Gasteiger partial charge in [0.1, 0.15) is 6.61 Å². The Kier molecular flexibility index (Phi) is 7.02. The molecule has 0 spiro atoms. The Morgan fingerprint density at radius 1 is 1.67 bits per heavy atom. The van der Waals surface area contributed by atoms with E-state index in [4.69, 9.17) is 10.3 Å². The molecule has 0 aromatic rings. The van der Waals surface area contributed by atoms with Crippen LogP contribution in [0.4, 0.5) is 0 Å². The maximum absolute atomic E-state index is 10.6. The van der Waals surface area contributed by atoms with Crippen molar-refractivity contribution in [2.75, 3.05) is 26.4 Å². The lowest BCUT2D eigenvalue weighted by Crippen LogP contribution is -2.13. The van der Waals surface area contributed by atoms with Gasteiger partial charge in [0, 0.05) is 11.5 Å². The summed E-state index contributed by atoms with van der Waals surface area (Å²) in [6, 6.07) is 0. The Balaban J connectivity index is 3.19. The second-order valence-electron chi connectivity index (χ2n) is 1.81. The van der Waals surface area contributed by atoms with Crippen LogP contribution in [0.3, 0.4) is 0 Å². The third kappa shape index (κ3) is 6.85. The van der Waals surface area contributed by atoms with Gasteiger partial charge in [0.25, 0.3) is 0 Å². The van der Waals surface area contributed by atoms with Crippen molar-refractivity contribution in [2.24, 2.45) is 5.11 Å². The van der Waals surface area contributed by atoms with Crippen LogP contribution in [0.2, 0.25) is 0 Å². The van der Waals surface area contributed by atoms with Crippen LogP contribution >= 0.6 is 0 Å². The highest BCUT2D eigenvalue weighted by atomic mass is 16.6. The minimum absolute atomic E-state index is 0.0885. The van der Waals surface area contributed by atoms with Crippen LogP contribution in [0.25, 0.3) is 10.4 Å². The van der Waals surface area contributed by atoms with E-state index in [1.165, 1.54) is 0 Å². The van der Waals surface area contributed by atoms with Crippen molar-refractivity contribution in [3.63, 3.8) is 0 Å². The summed E-state index contributed by atoms with van der Waals surface area (Å²) in [6.45, 7) is 2.45. The Morgan fingerprint density at radius 2 is 2.42 bits per heavy atom. The summed E-state index contributed by atoms with van der Waals surface area (Å²) in [5.74, 6) is -0.404.